The second-order valence-corrected chi connectivity index (χ2v) is 6.57. The summed E-state index contributed by atoms with van der Waals surface area (Å²) in [6, 6.07) is 2.24. The summed E-state index contributed by atoms with van der Waals surface area (Å²) >= 11 is 0. The van der Waals surface area contributed by atoms with Crippen molar-refractivity contribution in [2.45, 2.75) is 32.0 Å². The molecule has 1 aromatic carbocycles. The first-order chi connectivity index (χ1) is 12.4. The van der Waals surface area contributed by atoms with Gasteiger partial charge < -0.3 is 10.6 Å². The molecule has 0 aromatic heterocycles. The van der Waals surface area contributed by atoms with Gasteiger partial charge in [-0.1, -0.05) is 0 Å². The van der Waals surface area contributed by atoms with E-state index < -0.39 is 29.7 Å². The van der Waals surface area contributed by atoms with Gasteiger partial charge in [-0.15, -0.1) is 0 Å². The molecule has 9 heteroatoms. The zero-order valence-electron chi connectivity index (χ0n) is 13.8. The van der Waals surface area contributed by atoms with Crippen LogP contribution in [0, 0.1) is 0 Å². The smallest absolute Gasteiger partial charge is 0.262 e. The van der Waals surface area contributed by atoms with Gasteiger partial charge in [-0.3, -0.25) is 34.2 Å². The first-order valence-corrected chi connectivity index (χ1v) is 8.26. The number of amides is 5. The lowest BCUT2D eigenvalue weighted by molar-refractivity contribution is -0.136. The van der Waals surface area contributed by atoms with Crippen LogP contribution in [0.15, 0.2) is 12.1 Å². The Morgan fingerprint density at radius 3 is 2.15 bits per heavy atom. The molecule has 1 unspecified atom stereocenters. The monoisotopic (exact) mass is 356 g/mol. The summed E-state index contributed by atoms with van der Waals surface area (Å²) < 4.78 is 0. The normalized spacial score (nSPS) is 21.8. The molecule has 3 aliphatic rings. The number of benzene rings is 1. The molecule has 1 aromatic rings. The maximum absolute atomic E-state index is 12.7. The van der Waals surface area contributed by atoms with Gasteiger partial charge in [-0.25, -0.2) is 0 Å². The SMILES string of the molecule is NCC(=O)N1Cc2cc3c(cc2C1)C(=O)N(C1CCC(=O)NC1=O)C3=O. The molecule has 0 saturated carbocycles. The van der Waals surface area contributed by atoms with Crippen molar-refractivity contribution in [1.82, 2.24) is 15.1 Å². The summed E-state index contributed by atoms with van der Waals surface area (Å²) in [7, 11) is 0. The number of rotatable bonds is 2. The maximum Gasteiger partial charge on any atom is 0.262 e. The predicted molar refractivity (Wildman–Crippen MR) is 86.4 cm³/mol. The Morgan fingerprint density at radius 1 is 1.08 bits per heavy atom. The average molecular weight is 356 g/mol. The molecule has 9 nitrogen and oxygen atoms in total. The second kappa shape index (κ2) is 5.73. The number of carbonyl (C=O) groups is 5. The molecule has 1 saturated heterocycles. The van der Waals surface area contributed by atoms with Gasteiger partial charge in [-0.05, 0) is 29.7 Å². The molecule has 0 radical (unpaired) electrons. The van der Waals surface area contributed by atoms with Crippen molar-refractivity contribution in [2.24, 2.45) is 5.73 Å². The predicted octanol–water partition coefficient (Wildman–Crippen LogP) is -1.11. The van der Waals surface area contributed by atoms with Gasteiger partial charge in [0, 0.05) is 19.5 Å². The minimum Gasteiger partial charge on any atom is -0.333 e. The van der Waals surface area contributed by atoms with Crippen LogP contribution in [0.4, 0.5) is 0 Å². The molecule has 0 spiro atoms. The Balaban J connectivity index is 1.64. The van der Waals surface area contributed by atoms with Gasteiger partial charge >= 0.3 is 0 Å². The van der Waals surface area contributed by atoms with Crippen LogP contribution < -0.4 is 11.1 Å². The van der Waals surface area contributed by atoms with Crippen molar-refractivity contribution >= 4 is 29.5 Å². The highest BCUT2D eigenvalue weighted by atomic mass is 16.2. The fraction of sp³-hybridized carbons (Fsp3) is 0.353. The molecule has 5 amide bonds. The van der Waals surface area contributed by atoms with Crippen LogP contribution in [-0.2, 0) is 27.5 Å². The minimum absolute atomic E-state index is 0.0798. The van der Waals surface area contributed by atoms with Crippen molar-refractivity contribution < 1.29 is 24.0 Å². The highest BCUT2D eigenvalue weighted by Crippen LogP contribution is 2.33. The largest absolute Gasteiger partial charge is 0.333 e. The Morgan fingerprint density at radius 2 is 1.65 bits per heavy atom. The Hall–Kier alpha value is -3.07. The van der Waals surface area contributed by atoms with Crippen LogP contribution in [0.25, 0.3) is 0 Å². The maximum atomic E-state index is 12.7. The fourth-order valence-electron chi connectivity index (χ4n) is 3.67. The molecule has 26 heavy (non-hydrogen) atoms. The van der Waals surface area contributed by atoms with E-state index in [-0.39, 0.29) is 36.4 Å². The van der Waals surface area contributed by atoms with Crippen LogP contribution in [0.1, 0.15) is 44.7 Å². The van der Waals surface area contributed by atoms with E-state index in [1.165, 1.54) is 0 Å². The zero-order valence-corrected chi connectivity index (χ0v) is 13.8. The molecule has 3 heterocycles. The second-order valence-electron chi connectivity index (χ2n) is 6.57. The van der Waals surface area contributed by atoms with Gasteiger partial charge in [-0.2, -0.15) is 0 Å². The summed E-state index contributed by atoms with van der Waals surface area (Å²) in [6.45, 7) is 0.561. The summed E-state index contributed by atoms with van der Waals surface area (Å²) in [5.41, 5.74) is 7.41. The summed E-state index contributed by atoms with van der Waals surface area (Å²) in [5, 5.41) is 2.16. The van der Waals surface area contributed by atoms with E-state index >= 15 is 0 Å². The molecule has 134 valence electrons. The number of piperidine rings is 1. The van der Waals surface area contributed by atoms with Crippen LogP contribution in [0.5, 0.6) is 0 Å². The number of nitrogens with two attached hydrogens (primary N) is 1. The Labute approximate surface area is 148 Å². The minimum atomic E-state index is -0.981. The molecule has 0 aliphatic carbocycles. The average Bonchev–Trinajstić information content (AvgIpc) is 3.13. The van der Waals surface area contributed by atoms with E-state index in [9.17, 15) is 24.0 Å². The number of carbonyl (C=O) groups excluding carboxylic acids is 5. The van der Waals surface area contributed by atoms with Crippen molar-refractivity contribution in [3.63, 3.8) is 0 Å². The summed E-state index contributed by atoms with van der Waals surface area (Å²) in [5.74, 6) is -2.35. The topological polar surface area (TPSA) is 130 Å². The van der Waals surface area contributed by atoms with Crippen LogP contribution >= 0.6 is 0 Å². The molecule has 0 bridgehead atoms. The van der Waals surface area contributed by atoms with Gasteiger partial charge in [0.1, 0.15) is 6.04 Å². The molecular weight excluding hydrogens is 340 g/mol. The number of imide groups is 2. The lowest BCUT2D eigenvalue weighted by atomic mass is 10.0. The summed E-state index contributed by atoms with van der Waals surface area (Å²) in [6.07, 6.45) is 0.200. The van der Waals surface area contributed by atoms with Gasteiger partial charge in [0.05, 0.1) is 17.7 Å². The van der Waals surface area contributed by atoms with E-state index in [1.54, 1.807) is 17.0 Å². The first-order valence-electron chi connectivity index (χ1n) is 8.26. The van der Waals surface area contributed by atoms with Crippen molar-refractivity contribution in [3.8, 4) is 0 Å². The molecule has 3 N–H and O–H groups in total. The molecule has 1 atom stereocenters. The zero-order chi connectivity index (χ0) is 18.6. The van der Waals surface area contributed by atoms with E-state index in [0.717, 1.165) is 16.0 Å². The van der Waals surface area contributed by atoms with Gasteiger partial charge in [0.25, 0.3) is 11.8 Å². The van der Waals surface area contributed by atoms with Crippen LogP contribution in [-0.4, -0.2) is 51.9 Å². The standard InChI is InChI=1S/C17H16N4O5/c18-5-14(23)20-6-8-3-10-11(4-9(8)7-20)17(26)21(16(10)25)12-1-2-13(22)19-15(12)24/h3-4,12H,1-2,5-7,18H2,(H,19,22,24). The third kappa shape index (κ3) is 2.31. The van der Waals surface area contributed by atoms with E-state index in [2.05, 4.69) is 5.32 Å². The molecule has 1 fully saturated rings. The third-order valence-corrected chi connectivity index (χ3v) is 5.01. The number of hydrogen-bond donors (Lipinski definition) is 2. The molecule has 3 aliphatic heterocycles. The van der Waals surface area contributed by atoms with Crippen LogP contribution in [0.3, 0.4) is 0 Å². The Bertz CT molecular complexity index is 848. The van der Waals surface area contributed by atoms with Crippen molar-refractivity contribution in [1.29, 1.82) is 0 Å². The lowest BCUT2D eigenvalue weighted by Crippen LogP contribution is -2.54. The third-order valence-electron chi connectivity index (χ3n) is 5.01. The lowest BCUT2D eigenvalue weighted by Gasteiger charge is -2.27. The van der Waals surface area contributed by atoms with Crippen molar-refractivity contribution in [2.75, 3.05) is 6.54 Å². The highest BCUT2D eigenvalue weighted by Gasteiger charge is 2.45. The quantitative estimate of drug-likeness (QED) is 0.646. The molecular formula is C17H16N4O5. The van der Waals surface area contributed by atoms with Crippen molar-refractivity contribution in [3.05, 3.63) is 34.4 Å². The van der Waals surface area contributed by atoms with E-state index in [1.807, 2.05) is 0 Å². The highest BCUT2D eigenvalue weighted by molar-refractivity contribution is 6.23. The van der Waals surface area contributed by atoms with Crippen LogP contribution in [0.2, 0.25) is 0 Å². The van der Waals surface area contributed by atoms with Gasteiger partial charge in [0.15, 0.2) is 0 Å². The first kappa shape index (κ1) is 16.4. The van der Waals surface area contributed by atoms with E-state index in [0.29, 0.717) is 13.1 Å². The number of fused-ring (bicyclic) bond motifs is 2. The van der Waals surface area contributed by atoms with E-state index in [4.69, 9.17) is 5.73 Å². The van der Waals surface area contributed by atoms with Gasteiger partial charge in [0.2, 0.25) is 17.7 Å². The number of nitrogens with zero attached hydrogens (tertiary/aromatic N) is 2. The number of nitrogens with one attached hydrogen (secondary N) is 1. The fourth-order valence-corrected chi connectivity index (χ4v) is 3.67. The Kier molecular flexibility index (Phi) is 3.62. The number of hydrogen-bond acceptors (Lipinski definition) is 6. The molecule has 4 rings (SSSR count). The summed E-state index contributed by atoms with van der Waals surface area (Å²) in [4.78, 5) is 63.1.